The highest BCUT2D eigenvalue weighted by Gasteiger charge is 2.38. The molecule has 0 unspecified atom stereocenters. The molecule has 0 spiro atoms. The van der Waals surface area contributed by atoms with Crippen LogP contribution in [0.4, 0.5) is 0 Å². The van der Waals surface area contributed by atoms with Crippen molar-refractivity contribution in [1.82, 2.24) is 29.1 Å². The van der Waals surface area contributed by atoms with E-state index in [9.17, 15) is 9.59 Å². The summed E-state index contributed by atoms with van der Waals surface area (Å²) in [4.78, 5) is 30.9. The predicted molar refractivity (Wildman–Crippen MR) is 115 cm³/mol. The molecule has 0 aliphatic carbocycles. The number of piperidine rings is 1. The van der Waals surface area contributed by atoms with Gasteiger partial charge in [-0.1, -0.05) is 6.07 Å². The van der Waals surface area contributed by atoms with E-state index in [4.69, 9.17) is 0 Å². The molecule has 0 saturated carbocycles. The van der Waals surface area contributed by atoms with Crippen molar-refractivity contribution >= 4 is 5.91 Å². The molecule has 6 heterocycles. The van der Waals surface area contributed by atoms with Gasteiger partial charge in [0.2, 0.25) is 5.82 Å². The monoisotopic (exact) mass is 422 g/mol. The van der Waals surface area contributed by atoms with Crippen LogP contribution in [0.3, 0.4) is 0 Å². The van der Waals surface area contributed by atoms with E-state index in [1.165, 1.54) is 12.8 Å². The van der Waals surface area contributed by atoms with Gasteiger partial charge >= 0.3 is 0 Å². The number of carbonyl (C=O) groups is 1. The molecule has 2 aromatic heterocycles. The molecule has 2 aromatic rings. The van der Waals surface area contributed by atoms with Crippen molar-refractivity contribution in [3.63, 3.8) is 0 Å². The number of amides is 1. The summed E-state index contributed by atoms with van der Waals surface area (Å²) in [6, 6.07) is 4.17. The van der Waals surface area contributed by atoms with E-state index in [0.29, 0.717) is 31.4 Å². The highest BCUT2D eigenvalue weighted by molar-refractivity contribution is 5.91. The SMILES string of the molecule is O=C(c1nnc2n1CCCC2)N1C[C@@H]2C[C@H](C1)c1ccc(CN3CCCC3)c(=O)n1C2. The Hall–Kier alpha value is -2.48. The fraction of sp³-hybridized carbons (Fsp3) is 0.652. The number of carbonyl (C=O) groups excluding carboxylic acids is 1. The minimum absolute atomic E-state index is 0.00296. The average molecular weight is 423 g/mol. The number of fused-ring (bicyclic) bond motifs is 5. The van der Waals surface area contributed by atoms with Gasteiger partial charge in [-0.3, -0.25) is 14.5 Å². The zero-order valence-corrected chi connectivity index (χ0v) is 18.0. The van der Waals surface area contributed by atoms with E-state index in [1.54, 1.807) is 0 Å². The smallest absolute Gasteiger partial charge is 0.291 e. The third kappa shape index (κ3) is 3.32. The van der Waals surface area contributed by atoms with Gasteiger partial charge in [-0.25, -0.2) is 0 Å². The van der Waals surface area contributed by atoms with E-state index in [0.717, 1.165) is 68.9 Å². The Balaban J connectivity index is 1.24. The number of hydrogen-bond acceptors (Lipinski definition) is 5. The summed E-state index contributed by atoms with van der Waals surface area (Å²) in [7, 11) is 0. The van der Waals surface area contributed by atoms with Gasteiger partial charge < -0.3 is 14.0 Å². The summed E-state index contributed by atoms with van der Waals surface area (Å²) in [5, 5.41) is 8.51. The number of aromatic nitrogens is 4. The molecule has 4 aliphatic heterocycles. The summed E-state index contributed by atoms with van der Waals surface area (Å²) in [5.74, 6) is 1.96. The lowest BCUT2D eigenvalue weighted by Crippen LogP contribution is -2.50. The molecule has 8 heteroatoms. The number of likely N-dealkylation sites (tertiary alicyclic amines) is 2. The first kappa shape index (κ1) is 19.2. The first-order valence-electron chi connectivity index (χ1n) is 11.8. The minimum Gasteiger partial charge on any atom is -0.335 e. The maximum absolute atomic E-state index is 13.3. The predicted octanol–water partition coefficient (Wildman–Crippen LogP) is 1.63. The van der Waals surface area contributed by atoms with Crippen molar-refractivity contribution < 1.29 is 4.79 Å². The number of aryl methyl sites for hydroxylation is 1. The van der Waals surface area contributed by atoms with Gasteiger partial charge in [0.15, 0.2) is 0 Å². The van der Waals surface area contributed by atoms with Crippen LogP contribution < -0.4 is 5.56 Å². The van der Waals surface area contributed by atoms with Crippen LogP contribution in [0.25, 0.3) is 0 Å². The molecule has 164 valence electrons. The van der Waals surface area contributed by atoms with Crippen LogP contribution in [0.2, 0.25) is 0 Å². The maximum atomic E-state index is 13.3. The van der Waals surface area contributed by atoms with Gasteiger partial charge in [0.1, 0.15) is 5.82 Å². The third-order valence-corrected chi connectivity index (χ3v) is 7.61. The second-order valence-electron chi connectivity index (χ2n) is 9.74. The molecule has 1 amide bonds. The lowest BCUT2D eigenvalue weighted by Gasteiger charge is -2.42. The molecule has 2 fully saturated rings. The molecule has 8 nitrogen and oxygen atoms in total. The highest BCUT2D eigenvalue weighted by atomic mass is 16.2. The minimum atomic E-state index is -0.00296. The van der Waals surface area contributed by atoms with Crippen LogP contribution in [-0.2, 0) is 26.1 Å². The Morgan fingerprint density at radius 2 is 1.81 bits per heavy atom. The van der Waals surface area contributed by atoms with Crippen molar-refractivity contribution in [1.29, 1.82) is 0 Å². The molecule has 2 saturated heterocycles. The molecular formula is C23H30N6O2. The zero-order chi connectivity index (χ0) is 20.9. The molecule has 0 radical (unpaired) electrons. The lowest BCUT2D eigenvalue weighted by molar-refractivity contribution is 0.0575. The molecule has 2 atom stereocenters. The molecule has 4 aliphatic rings. The van der Waals surface area contributed by atoms with E-state index < -0.39 is 0 Å². The van der Waals surface area contributed by atoms with Gasteiger partial charge in [-0.05, 0) is 57.2 Å². The van der Waals surface area contributed by atoms with Crippen LogP contribution >= 0.6 is 0 Å². The van der Waals surface area contributed by atoms with Crippen molar-refractivity contribution in [3.8, 4) is 0 Å². The largest absolute Gasteiger partial charge is 0.335 e. The van der Waals surface area contributed by atoms with Crippen LogP contribution in [-0.4, -0.2) is 61.2 Å². The van der Waals surface area contributed by atoms with Crippen molar-refractivity contribution in [2.45, 2.75) is 64.1 Å². The molecule has 6 rings (SSSR count). The van der Waals surface area contributed by atoms with E-state index >= 15 is 0 Å². The van der Waals surface area contributed by atoms with Gasteiger partial charge in [0, 0.05) is 56.3 Å². The molecular weight excluding hydrogens is 392 g/mol. The third-order valence-electron chi connectivity index (χ3n) is 7.61. The fourth-order valence-corrected chi connectivity index (χ4v) is 6.07. The Morgan fingerprint density at radius 3 is 2.68 bits per heavy atom. The first-order valence-corrected chi connectivity index (χ1v) is 11.8. The van der Waals surface area contributed by atoms with Crippen LogP contribution in [0.15, 0.2) is 16.9 Å². The summed E-state index contributed by atoms with van der Waals surface area (Å²) in [6.07, 6.45) is 6.61. The van der Waals surface area contributed by atoms with Crippen LogP contribution in [0, 0.1) is 5.92 Å². The van der Waals surface area contributed by atoms with E-state index in [2.05, 4.69) is 21.2 Å². The molecule has 2 bridgehead atoms. The molecule has 0 aromatic carbocycles. The number of pyridine rings is 1. The van der Waals surface area contributed by atoms with Gasteiger partial charge in [0.25, 0.3) is 11.5 Å². The topological polar surface area (TPSA) is 76.3 Å². The normalized spacial score (nSPS) is 25.4. The average Bonchev–Trinajstić information content (AvgIpc) is 3.45. The van der Waals surface area contributed by atoms with Gasteiger partial charge in [-0.15, -0.1) is 10.2 Å². The van der Waals surface area contributed by atoms with Gasteiger partial charge in [-0.2, -0.15) is 0 Å². The Morgan fingerprint density at radius 1 is 0.968 bits per heavy atom. The zero-order valence-electron chi connectivity index (χ0n) is 18.0. The Labute approximate surface area is 181 Å². The van der Waals surface area contributed by atoms with E-state index in [-0.39, 0.29) is 17.4 Å². The number of nitrogens with zero attached hydrogens (tertiary/aromatic N) is 6. The Bertz CT molecular complexity index is 1070. The standard InChI is InChI=1S/C23H30N6O2/c30-22-17(14-26-8-3-4-9-26)6-7-19-18-11-16(13-29(19)22)12-27(15-18)23(31)21-25-24-20-5-1-2-10-28(20)21/h6-7,16,18H,1-5,8-15H2/t16-,18+/m0/s1. The highest BCUT2D eigenvalue weighted by Crippen LogP contribution is 2.36. The first-order chi connectivity index (χ1) is 15.2. The Kier molecular flexibility index (Phi) is 4.70. The summed E-state index contributed by atoms with van der Waals surface area (Å²) in [6.45, 7) is 5.84. The summed E-state index contributed by atoms with van der Waals surface area (Å²) >= 11 is 0. The van der Waals surface area contributed by atoms with Crippen molar-refractivity contribution in [2.24, 2.45) is 5.92 Å². The van der Waals surface area contributed by atoms with Crippen LogP contribution in [0.5, 0.6) is 0 Å². The summed E-state index contributed by atoms with van der Waals surface area (Å²) in [5.41, 5.74) is 2.17. The van der Waals surface area contributed by atoms with E-state index in [1.807, 2.05) is 20.1 Å². The quantitative estimate of drug-likeness (QED) is 0.752. The fourth-order valence-electron chi connectivity index (χ4n) is 6.07. The second kappa shape index (κ2) is 7.58. The van der Waals surface area contributed by atoms with Crippen molar-refractivity contribution in [3.05, 3.63) is 45.4 Å². The molecule has 31 heavy (non-hydrogen) atoms. The van der Waals surface area contributed by atoms with Crippen LogP contribution in [0.1, 0.15) is 65.7 Å². The number of rotatable bonds is 3. The van der Waals surface area contributed by atoms with Crippen molar-refractivity contribution in [2.75, 3.05) is 26.2 Å². The number of hydrogen-bond donors (Lipinski definition) is 0. The molecule has 0 N–H and O–H groups in total. The van der Waals surface area contributed by atoms with Gasteiger partial charge in [0.05, 0.1) is 0 Å². The summed E-state index contributed by atoms with van der Waals surface area (Å²) < 4.78 is 4.02. The second-order valence-corrected chi connectivity index (χ2v) is 9.74. The maximum Gasteiger partial charge on any atom is 0.291 e. The lowest BCUT2D eigenvalue weighted by atomic mass is 9.83.